The van der Waals surface area contributed by atoms with Gasteiger partial charge in [0.05, 0.1) is 25.2 Å². The number of anilines is 1. The molecule has 164 valence electrons. The number of hydrogen-bond donors (Lipinski definition) is 1. The summed E-state index contributed by atoms with van der Waals surface area (Å²) in [5.41, 5.74) is 0.345. The van der Waals surface area contributed by atoms with Crippen LogP contribution in [0.2, 0.25) is 0 Å². The Labute approximate surface area is 180 Å². The van der Waals surface area contributed by atoms with Crippen LogP contribution in [0.1, 0.15) is 19.8 Å². The lowest BCUT2D eigenvalue weighted by atomic mass is 10.2. The maximum atomic E-state index is 13.1. The van der Waals surface area contributed by atoms with Gasteiger partial charge in [0.1, 0.15) is 16.7 Å². The molecule has 1 aromatic rings. The fourth-order valence-electron chi connectivity index (χ4n) is 4.12. The summed E-state index contributed by atoms with van der Waals surface area (Å²) in [7, 11) is -2.40. The number of carbonyl (C=O) groups is 2. The third-order valence-corrected chi connectivity index (χ3v) is 9.19. The minimum atomic E-state index is -3.81. The fourth-order valence-corrected chi connectivity index (χ4v) is 7.14. The zero-order valence-electron chi connectivity index (χ0n) is 16.9. The number of benzene rings is 1. The Bertz CT molecular complexity index is 963. The van der Waals surface area contributed by atoms with Gasteiger partial charge in [0.15, 0.2) is 0 Å². The second-order valence-electron chi connectivity index (χ2n) is 7.64. The monoisotopic (exact) mass is 455 g/mol. The lowest BCUT2D eigenvalue weighted by molar-refractivity contribution is -0.135. The standard InChI is InChI=1S/C19H25N3O6S2/c1-19-6-5-17(23)22(19)14(12-29-19)18(24)20-13-3-4-15(27-2)16(11-13)30(25,26)21-7-9-28-10-8-21/h3-4,11,14H,5-10,12H2,1-2H3,(H,20,24)/t14-,19-/m1/s1. The van der Waals surface area contributed by atoms with Crippen LogP contribution in [0.4, 0.5) is 5.69 Å². The van der Waals surface area contributed by atoms with Crippen molar-refractivity contribution in [3.05, 3.63) is 18.2 Å². The number of nitrogens with zero attached hydrogens (tertiary/aromatic N) is 2. The van der Waals surface area contributed by atoms with Gasteiger partial charge < -0.3 is 19.7 Å². The zero-order chi connectivity index (χ0) is 21.5. The molecule has 2 amide bonds. The molecule has 1 aromatic carbocycles. The fraction of sp³-hybridized carbons (Fsp3) is 0.579. The average molecular weight is 456 g/mol. The van der Waals surface area contributed by atoms with E-state index in [2.05, 4.69) is 5.32 Å². The average Bonchev–Trinajstić information content (AvgIpc) is 3.24. The number of ether oxygens (including phenoxy) is 2. The minimum absolute atomic E-state index is 0.00687. The number of carbonyl (C=O) groups excluding carboxylic acids is 2. The van der Waals surface area contributed by atoms with Crippen LogP contribution < -0.4 is 10.1 Å². The molecule has 0 spiro atoms. The number of nitrogens with one attached hydrogen (secondary N) is 1. The number of methoxy groups -OCH3 is 1. The SMILES string of the molecule is COc1ccc(NC(=O)[C@H]2CS[C@]3(C)CCC(=O)N23)cc1S(=O)(=O)N1CCOCC1. The number of morpholine rings is 1. The number of amides is 2. The Balaban J connectivity index is 1.58. The Kier molecular flexibility index (Phi) is 5.73. The summed E-state index contributed by atoms with van der Waals surface area (Å²) in [6, 6.07) is 3.96. The number of fused-ring (bicyclic) bond motifs is 1. The summed E-state index contributed by atoms with van der Waals surface area (Å²) >= 11 is 1.61. The molecule has 3 aliphatic heterocycles. The van der Waals surface area contributed by atoms with Gasteiger partial charge in [0.25, 0.3) is 0 Å². The molecule has 0 saturated carbocycles. The molecule has 0 radical (unpaired) electrons. The summed E-state index contributed by atoms with van der Waals surface area (Å²) in [6.45, 7) is 3.17. The largest absolute Gasteiger partial charge is 0.495 e. The van der Waals surface area contributed by atoms with Gasteiger partial charge in [-0.25, -0.2) is 8.42 Å². The maximum absolute atomic E-state index is 13.1. The van der Waals surface area contributed by atoms with E-state index in [-0.39, 0.29) is 40.4 Å². The Morgan fingerprint density at radius 3 is 2.77 bits per heavy atom. The van der Waals surface area contributed by atoms with Gasteiger partial charge in [-0.1, -0.05) is 0 Å². The molecule has 11 heteroatoms. The van der Waals surface area contributed by atoms with Crippen LogP contribution in [-0.4, -0.2) is 79.5 Å². The van der Waals surface area contributed by atoms with Crippen molar-refractivity contribution in [2.45, 2.75) is 35.6 Å². The molecular weight excluding hydrogens is 430 g/mol. The van der Waals surface area contributed by atoms with E-state index in [0.717, 1.165) is 6.42 Å². The van der Waals surface area contributed by atoms with Crippen LogP contribution >= 0.6 is 11.8 Å². The van der Waals surface area contributed by atoms with Crippen LogP contribution in [0.25, 0.3) is 0 Å². The van der Waals surface area contributed by atoms with Crippen molar-refractivity contribution < 1.29 is 27.5 Å². The van der Waals surface area contributed by atoms with E-state index in [1.54, 1.807) is 22.7 Å². The molecule has 4 rings (SSSR count). The molecule has 30 heavy (non-hydrogen) atoms. The van der Waals surface area contributed by atoms with E-state index in [1.165, 1.54) is 23.5 Å². The van der Waals surface area contributed by atoms with Crippen molar-refractivity contribution in [3.8, 4) is 5.75 Å². The molecule has 0 aromatic heterocycles. The molecule has 3 aliphatic rings. The second-order valence-corrected chi connectivity index (χ2v) is 11.0. The highest BCUT2D eigenvalue weighted by Crippen LogP contribution is 2.47. The predicted molar refractivity (Wildman–Crippen MR) is 112 cm³/mol. The van der Waals surface area contributed by atoms with Gasteiger partial charge in [0, 0.05) is 31.0 Å². The van der Waals surface area contributed by atoms with E-state index in [0.29, 0.717) is 31.1 Å². The topological polar surface area (TPSA) is 105 Å². The lowest BCUT2D eigenvalue weighted by Gasteiger charge is -2.30. The molecule has 0 unspecified atom stereocenters. The summed E-state index contributed by atoms with van der Waals surface area (Å²) in [5, 5.41) is 2.79. The van der Waals surface area contributed by atoms with Crippen LogP contribution in [0.3, 0.4) is 0 Å². The Morgan fingerprint density at radius 1 is 1.33 bits per heavy atom. The van der Waals surface area contributed by atoms with Gasteiger partial charge >= 0.3 is 0 Å². The summed E-state index contributed by atoms with van der Waals surface area (Å²) < 4.78 is 38.1. The van der Waals surface area contributed by atoms with Crippen molar-refractivity contribution in [2.75, 3.05) is 44.5 Å². The highest BCUT2D eigenvalue weighted by atomic mass is 32.2. The Hall–Kier alpha value is -1.82. The number of rotatable bonds is 5. The van der Waals surface area contributed by atoms with Crippen LogP contribution in [0, 0.1) is 0 Å². The molecule has 9 nitrogen and oxygen atoms in total. The maximum Gasteiger partial charge on any atom is 0.248 e. The van der Waals surface area contributed by atoms with Gasteiger partial charge in [-0.2, -0.15) is 4.31 Å². The van der Waals surface area contributed by atoms with Crippen LogP contribution in [0.15, 0.2) is 23.1 Å². The van der Waals surface area contributed by atoms with Crippen molar-refractivity contribution in [2.24, 2.45) is 0 Å². The first kappa shape index (κ1) is 21.4. The number of thioether (sulfide) groups is 1. The molecule has 1 N–H and O–H groups in total. The van der Waals surface area contributed by atoms with Gasteiger partial charge in [0.2, 0.25) is 21.8 Å². The van der Waals surface area contributed by atoms with E-state index < -0.39 is 16.1 Å². The minimum Gasteiger partial charge on any atom is -0.495 e. The number of hydrogen-bond acceptors (Lipinski definition) is 7. The van der Waals surface area contributed by atoms with E-state index >= 15 is 0 Å². The predicted octanol–water partition coefficient (Wildman–Crippen LogP) is 1.11. The summed E-state index contributed by atoms with van der Waals surface area (Å²) in [5.74, 6) is 0.385. The molecule has 2 atom stereocenters. The lowest BCUT2D eigenvalue weighted by Crippen LogP contribution is -2.48. The first-order valence-electron chi connectivity index (χ1n) is 9.79. The molecule has 3 heterocycles. The first-order valence-corrected chi connectivity index (χ1v) is 12.2. The molecule has 0 aliphatic carbocycles. The zero-order valence-corrected chi connectivity index (χ0v) is 18.6. The van der Waals surface area contributed by atoms with Gasteiger partial charge in [-0.05, 0) is 31.5 Å². The number of sulfonamides is 1. The molecule has 0 bridgehead atoms. The highest BCUT2D eigenvalue weighted by Gasteiger charge is 2.52. The third kappa shape index (κ3) is 3.68. The van der Waals surface area contributed by atoms with E-state index in [4.69, 9.17) is 9.47 Å². The molecular formula is C19H25N3O6S2. The van der Waals surface area contributed by atoms with E-state index in [1.807, 2.05) is 6.92 Å². The normalized spacial score (nSPS) is 27.2. The Morgan fingerprint density at radius 2 is 2.07 bits per heavy atom. The van der Waals surface area contributed by atoms with E-state index in [9.17, 15) is 18.0 Å². The van der Waals surface area contributed by atoms with Crippen molar-refractivity contribution in [1.82, 2.24) is 9.21 Å². The molecule has 3 saturated heterocycles. The smallest absolute Gasteiger partial charge is 0.248 e. The highest BCUT2D eigenvalue weighted by molar-refractivity contribution is 8.01. The summed E-state index contributed by atoms with van der Waals surface area (Å²) in [6.07, 6.45) is 1.17. The second kappa shape index (κ2) is 8.03. The summed E-state index contributed by atoms with van der Waals surface area (Å²) in [4.78, 5) is 26.5. The molecule has 3 fully saturated rings. The van der Waals surface area contributed by atoms with Gasteiger partial charge in [-0.15, -0.1) is 11.8 Å². The van der Waals surface area contributed by atoms with Crippen LogP contribution in [-0.2, 0) is 24.3 Å². The third-order valence-electron chi connectivity index (χ3n) is 5.77. The van der Waals surface area contributed by atoms with Gasteiger partial charge in [-0.3, -0.25) is 9.59 Å². The van der Waals surface area contributed by atoms with Crippen molar-refractivity contribution in [1.29, 1.82) is 0 Å². The van der Waals surface area contributed by atoms with Crippen molar-refractivity contribution >= 4 is 39.3 Å². The van der Waals surface area contributed by atoms with Crippen molar-refractivity contribution in [3.63, 3.8) is 0 Å². The first-order chi connectivity index (χ1) is 14.3. The quantitative estimate of drug-likeness (QED) is 0.709. The van der Waals surface area contributed by atoms with Crippen LogP contribution in [0.5, 0.6) is 5.75 Å².